The van der Waals surface area contributed by atoms with Gasteiger partial charge in [-0.15, -0.1) is 0 Å². The van der Waals surface area contributed by atoms with Crippen molar-refractivity contribution in [1.82, 2.24) is 10.2 Å². The first-order valence-electron chi connectivity index (χ1n) is 7.52. The van der Waals surface area contributed by atoms with Crippen LogP contribution in [0.2, 0.25) is 0 Å². The van der Waals surface area contributed by atoms with Gasteiger partial charge in [-0.25, -0.2) is 0 Å². The van der Waals surface area contributed by atoms with Crippen molar-refractivity contribution in [3.05, 3.63) is 29.3 Å². The van der Waals surface area contributed by atoms with Gasteiger partial charge >= 0.3 is 0 Å². The lowest BCUT2D eigenvalue weighted by Crippen LogP contribution is -2.54. The fourth-order valence-electron chi connectivity index (χ4n) is 2.82. The molecule has 1 aromatic carbocycles. The van der Waals surface area contributed by atoms with Gasteiger partial charge in [-0.2, -0.15) is 0 Å². The van der Waals surface area contributed by atoms with Crippen LogP contribution in [0.5, 0.6) is 5.75 Å². The van der Waals surface area contributed by atoms with E-state index in [-0.39, 0.29) is 24.0 Å². The zero-order chi connectivity index (χ0) is 16.6. The molecule has 2 heterocycles. The van der Waals surface area contributed by atoms with Crippen LogP contribution in [0.4, 0.5) is 0 Å². The number of carbonyl (C=O) groups excluding carboxylic acids is 4. The molecule has 7 heteroatoms. The smallest absolute Gasteiger partial charge is 0.266 e. The second kappa shape index (κ2) is 5.83. The number of piperidine rings is 1. The summed E-state index contributed by atoms with van der Waals surface area (Å²) in [6, 6.07) is 3.86. The van der Waals surface area contributed by atoms with Crippen LogP contribution in [0.25, 0.3) is 0 Å². The molecule has 3 rings (SSSR count). The van der Waals surface area contributed by atoms with Gasteiger partial charge < -0.3 is 4.74 Å². The van der Waals surface area contributed by atoms with Crippen LogP contribution in [-0.2, 0) is 9.59 Å². The summed E-state index contributed by atoms with van der Waals surface area (Å²) in [5.41, 5.74) is 0.420. The van der Waals surface area contributed by atoms with E-state index >= 15 is 0 Å². The van der Waals surface area contributed by atoms with E-state index in [4.69, 9.17) is 4.74 Å². The summed E-state index contributed by atoms with van der Waals surface area (Å²) in [6.45, 7) is 2.36. The highest BCUT2D eigenvalue weighted by atomic mass is 16.5. The Morgan fingerprint density at radius 2 is 2.00 bits per heavy atom. The van der Waals surface area contributed by atoms with Crippen LogP contribution < -0.4 is 10.1 Å². The van der Waals surface area contributed by atoms with E-state index in [1.54, 1.807) is 18.2 Å². The summed E-state index contributed by atoms with van der Waals surface area (Å²) in [5.74, 6) is -1.74. The molecule has 0 spiro atoms. The molecule has 23 heavy (non-hydrogen) atoms. The van der Waals surface area contributed by atoms with Gasteiger partial charge in [0.1, 0.15) is 11.8 Å². The summed E-state index contributed by atoms with van der Waals surface area (Å²) < 4.78 is 5.54. The van der Waals surface area contributed by atoms with Crippen molar-refractivity contribution in [3.8, 4) is 5.75 Å². The van der Waals surface area contributed by atoms with Crippen LogP contribution in [0.15, 0.2) is 18.2 Å². The van der Waals surface area contributed by atoms with Gasteiger partial charge in [-0.3, -0.25) is 29.4 Å². The highest BCUT2D eigenvalue weighted by Crippen LogP contribution is 2.33. The molecule has 1 aromatic rings. The van der Waals surface area contributed by atoms with E-state index in [0.717, 1.165) is 11.3 Å². The number of nitrogens with one attached hydrogen (secondary N) is 1. The molecular weight excluding hydrogens is 300 g/mol. The van der Waals surface area contributed by atoms with E-state index in [2.05, 4.69) is 5.32 Å². The molecule has 1 fully saturated rings. The van der Waals surface area contributed by atoms with E-state index in [9.17, 15) is 19.2 Å². The molecule has 1 unspecified atom stereocenters. The third kappa shape index (κ3) is 2.48. The van der Waals surface area contributed by atoms with Crippen molar-refractivity contribution >= 4 is 23.6 Å². The molecule has 0 aliphatic carbocycles. The lowest BCUT2D eigenvalue weighted by molar-refractivity contribution is -0.136. The third-order valence-corrected chi connectivity index (χ3v) is 3.89. The van der Waals surface area contributed by atoms with Crippen LogP contribution in [0.1, 0.15) is 46.9 Å². The quantitative estimate of drug-likeness (QED) is 0.832. The Balaban J connectivity index is 1.94. The van der Waals surface area contributed by atoms with Crippen molar-refractivity contribution in [1.29, 1.82) is 0 Å². The molecule has 1 atom stereocenters. The van der Waals surface area contributed by atoms with Gasteiger partial charge in [0.15, 0.2) is 0 Å². The van der Waals surface area contributed by atoms with Crippen molar-refractivity contribution < 1.29 is 23.9 Å². The molecule has 0 saturated carbocycles. The standard InChI is InChI=1S/C16H16N2O5/c1-2-8-23-11-5-3-4-9-13(11)16(22)18(15(9)21)10-6-7-12(19)17-14(10)20/h3-5,10H,2,6-8H2,1H3,(H,17,19,20). The number of carbonyl (C=O) groups is 4. The molecule has 4 amide bonds. The van der Waals surface area contributed by atoms with Crippen molar-refractivity contribution in [2.24, 2.45) is 0 Å². The van der Waals surface area contributed by atoms with Gasteiger partial charge in [0.2, 0.25) is 11.8 Å². The first-order valence-corrected chi connectivity index (χ1v) is 7.52. The predicted molar refractivity (Wildman–Crippen MR) is 78.9 cm³/mol. The minimum Gasteiger partial charge on any atom is -0.493 e. The zero-order valence-electron chi connectivity index (χ0n) is 12.6. The number of amides is 4. The maximum absolute atomic E-state index is 12.7. The molecule has 0 aromatic heterocycles. The van der Waals surface area contributed by atoms with Crippen LogP contribution in [-0.4, -0.2) is 41.2 Å². The maximum Gasteiger partial charge on any atom is 0.266 e. The highest BCUT2D eigenvalue weighted by Gasteiger charge is 2.45. The number of nitrogens with zero attached hydrogens (tertiary/aromatic N) is 1. The lowest BCUT2D eigenvalue weighted by Gasteiger charge is -2.27. The summed E-state index contributed by atoms with van der Waals surface area (Å²) in [7, 11) is 0. The lowest BCUT2D eigenvalue weighted by atomic mass is 10.0. The van der Waals surface area contributed by atoms with Gasteiger partial charge in [0.25, 0.3) is 11.8 Å². The van der Waals surface area contributed by atoms with Crippen LogP contribution in [0.3, 0.4) is 0 Å². The number of benzene rings is 1. The van der Waals surface area contributed by atoms with Gasteiger partial charge in [-0.05, 0) is 25.0 Å². The SMILES string of the molecule is CCCOc1cccc2c1C(=O)N(C1CCC(=O)NC1=O)C2=O. The summed E-state index contributed by atoms with van der Waals surface area (Å²) >= 11 is 0. The summed E-state index contributed by atoms with van der Waals surface area (Å²) in [5, 5.41) is 2.17. The number of fused-ring (bicyclic) bond motifs is 1. The fourth-order valence-corrected chi connectivity index (χ4v) is 2.82. The van der Waals surface area contributed by atoms with Crippen molar-refractivity contribution in [2.45, 2.75) is 32.2 Å². The average Bonchev–Trinajstić information content (AvgIpc) is 2.78. The second-order valence-corrected chi connectivity index (χ2v) is 5.47. The molecule has 0 bridgehead atoms. The molecule has 7 nitrogen and oxygen atoms in total. The topological polar surface area (TPSA) is 92.8 Å². The second-order valence-electron chi connectivity index (χ2n) is 5.47. The zero-order valence-corrected chi connectivity index (χ0v) is 12.6. The molecular formula is C16H16N2O5. The Morgan fingerprint density at radius 1 is 1.22 bits per heavy atom. The minimum absolute atomic E-state index is 0.100. The number of rotatable bonds is 4. The number of imide groups is 2. The maximum atomic E-state index is 12.7. The Morgan fingerprint density at radius 3 is 2.70 bits per heavy atom. The first-order chi connectivity index (χ1) is 11.0. The molecule has 1 saturated heterocycles. The van der Waals surface area contributed by atoms with E-state index in [1.165, 1.54) is 0 Å². The van der Waals surface area contributed by atoms with Gasteiger partial charge in [0.05, 0.1) is 17.7 Å². The highest BCUT2D eigenvalue weighted by molar-refractivity contribution is 6.24. The Hall–Kier alpha value is -2.70. The Bertz CT molecular complexity index is 712. The normalized spacial score (nSPS) is 20.6. The predicted octanol–water partition coefficient (Wildman–Crippen LogP) is 0.877. The van der Waals surface area contributed by atoms with Crippen molar-refractivity contribution in [2.75, 3.05) is 6.61 Å². The van der Waals surface area contributed by atoms with E-state index in [0.29, 0.717) is 12.4 Å². The number of ether oxygens (including phenoxy) is 1. The minimum atomic E-state index is -0.959. The average molecular weight is 316 g/mol. The molecule has 0 radical (unpaired) electrons. The Kier molecular flexibility index (Phi) is 3.85. The third-order valence-electron chi connectivity index (χ3n) is 3.89. The Labute approximate surface area is 132 Å². The van der Waals surface area contributed by atoms with E-state index in [1.807, 2.05) is 6.92 Å². The largest absolute Gasteiger partial charge is 0.493 e. The number of hydrogen-bond donors (Lipinski definition) is 1. The van der Waals surface area contributed by atoms with Crippen molar-refractivity contribution in [3.63, 3.8) is 0 Å². The fraction of sp³-hybridized carbons (Fsp3) is 0.375. The van der Waals surface area contributed by atoms with Gasteiger partial charge in [0, 0.05) is 6.42 Å². The van der Waals surface area contributed by atoms with Gasteiger partial charge in [-0.1, -0.05) is 13.0 Å². The number of hydrogen-bond acceptors (Lipinski definition) is 5. The molecule has 2 aliphatic heterocycles. The monoisotopic (exact) mass is 316 g/mol. The summed E-state index contributed by atoms with van der Waals surface area (Å²) in [6.07, 6.45) is 1.01. The first kappa shape index (κ1) is 15.2. The molecule has 2 aliphatic rings. The van der Waals surface area contributed by atoms with Crippen LogP contribution in [0, 0.1) is 0 Å². The van der Waals surface area contributed by atoms with Crippen LogP contribution >= 0.6 is 0 Å². The van der Waals surface area contributed by atoms with E-state index < -0.39 is 29.7 Å². The summed E-state index contributed by atoms with van der Waals surface area (Å²) in [4.78, 5) is 49.4. The molecule has 1 N–H and O–H groups in total. The molecule has 120 valence electrons.